The molecule has 1 heterocycles. The summed E-state index contributed by atoms with van der Waals surface area (Å²) in [7, 11) is 0. The van der Waals surface area contributed by atoms with Crippen molar-refractivity contribution in [2.45, 2.75) is 64.0 Å². The van der Waals surface area contributed by atoms with Gasteiger partial charge in [-0.15, -0.1) is 0 Å². The van der Waals surface area contributed by atoms with Crippen molar-refractivity contribution in [3.8, 4) is 0 Å². The molecule has 0 spiro atoms. The van der Waals surface area contributed by atoms with Crippen LogP contribution in [0.25, 0.3) is 0 Å². The second-order valence-corrected chi connectivity index (χ2v) is 8.38. The van der Waals surface area contributed by atoms with E-state index in [-0.39, 0.29) is 16.8 Å². The number of rotatable bonds is 7. The van der Waals surface area contributed by atoms with Crippen molar-refractivity contribution in [2.75, 3.05) is 13.2 Å². The molecule has 2 nitrogen and oxygen atoms in total. The molecule has 0 aliphatic carbocycles. The number of benzene rings is 2. The van der Waals surface area contributed by atoms with E-state index in [1.807, 2.05) is 12.1 Å². The molecule has 2 aromatic carbocycles. The van der Waals surface area contributed by atoms with Crippen LogP contribution in [0, 0.1) is 12.7 Å². The zero-order valence-corrected chi connectivity index (χ0v) is 16.9. The van der Waals surface area contributed by atoms with Crippen molar-refractivity contribution in [1.82, 2.24) is 0 Å². The lowest BCUT2D eigenvalue weighted by Crippen LogP contribution is -2.83. The van der Waals surface area contributed by atoms with E-state index in [0.717, 1.165) is 45.4 Å². The molecule has 0 aromatic heterocycles. The van der Waals surface area contributed by atoms with Crippen LogP contribution in [0.15, 0.2) is 48.5 Å². The van der Waals surface area contributed by atoms with E-state index in [1.54, 1.807) is 12.1 Å². The lowest BCUT2D eigenvalue weighted by Gasteiger charge is -2.46. The smallest absolute Gasteiger partial charge is 0.123 e. The van der Waals surface area contributed by atoms with Gasteiger partial charge in [0, 0.05) is 24.0 Å². The maximum Gasteiger partial charge on any atom is 0.123 e. The van der Waals surface area contributed by atoms with E-state index < -0.39 is 0 Å². The van der Waals surface area contributed by atoms with E-state index in [4.69, 9.17) is 4.74 Å². The summed E-state index contributed by atoms with van der Waals surface area (Å²) >= 11 is 0. The maximum atomic E-state index is 13.1. The standard InChI is InChI=1S/C24H32FNO/c1-4-23(3)18-24(14-16-27-23,21-9-5-19(2)6-10-21)13-15-26-17-20-7-11-22(25)12-8-20/h5-12,26H,4,13-18H2,1-3H3/p+1/t23-,24+/m1/s1. The number of hydrogen-bond acceptors (Lipinski definition) is 1. The Bertz CT molecular complexity index is 727. The monoisotopic (exact) mass is 370 g/mol. The van der Waals surface area contributed by atoms with Gasteiger partial charge in [-0.3, -0.25) is 0 Å². The fraction of sp³-hybridized carbons (Fsp3) is 0.500. The minimum atomic E-state index is -0.168. The third-order valence-corrected chi connectivity index (χ3v) is 6.28. The molecule has 0 radical (unpaired) electrons. The van der Waals surface area contributed by atoms with Crippen molar-refractivity contribution < 1.29 is 14.4 Å². The highest BCUT2D eigenvalue weighted by atomic mass is 19.1. The molecule has 2 atom stereocenters. The van der Waals surface area contributed by atoms with Gasteiger partial charge in [0.1, 0.15) is 12.4 Å². The average Bonchev–Trinajstić information content (AvgIpc) is 2.67. The first-order chi connectivity index (χ1) is 12.9. The minimum Gasteiger partial charge on any atom is -0.375 e. The Morgan fingerprint density at radius 1 is 1.07 bits per heavy atom. The minimum absolute atomic E-state index is 0.0416. The highest BCUT2D eigenvalue weighted by Crippen LogP contribution is 2.45. The predicted molar refractivity (Wildman–Crippen MR) is 108 cm³/mol. The van der Waals surface area contributed by atoms with Gasteiger partial charge in [0.2, 0.25) is 0 Å². The molecule has 3 heteroatoms. The van der Waals surface area contributed by atoms with Crippen LogP contribution in [0.2, 0.25) is 0 Å². The van der Waals surface area contributed by atoms with Crippen molar-refractivity contribution in [3.63, 3.8) is 0 Å². The summed E-state index contributed by atoms with van der Waals surface area (Å²) < 4.78 is 19.2. The maximum absolute atomic E-state index is 13.1. The van der Waals surface area contributed by atoms with Gasteiger partial charge in [-0.2, -0.15) is 0 Å². The van der Waals surface area contributed by atoms with Gasteiger partial charge in [0.15, 0.2) is 0 Å². The fourth-order valence-corrected chi connectivity index (χ4v) is 4.35. The molecule has 0 unspecified atom stereocenters. The average molecular weight is 371 g/mol. The van der Waals surface area contributed by atoms with Gasteiger partial charge >= 0.3 is 0 Å². The second-order valence-electron chi connectivity index (χ2n) is 8.38. The van der Waals surface area contributed by atoms with E-state index in [0.29, 0.717) is 0 Å². The summed E-state index contributed by atoms with van der Waals surface area (Å²) in [6, 6.07) is 15.9. The molecule has 1 aliphatic rings. The predicted octanol–water partition coefficient (Wildman–Crippen LogP) is 4.50. The Hall–Kier alpha value is -1.71. The first kappa shape index (κ1) is 20.0. The zero-order valence-electron chi connectivity index (χ0n) is 16.9. The molecule has 1 saturated heterocycles. The molecule has 1 aliphatic heterocycles. The fourth-order valence-electron chi connectivity index (χ4n) is 4.35. The lowest BCUT2D eigenvalue weighted by molar-refractivity contribution is -0.672. The number of hydrogen-bond donors (Lipinski definition) is 1. The molecular formula is C24H33FNO+. The van der Waals surface area contributed by atoms with Crippen LogP contribution in [0.4, 0.5) is 4.39 Å². The number of halogens is 1. The van der Waals surface area contributed by atoms with Gasteiger partial charge in [-0.05, 0) is 50.8 Å². The highest BCUT2D eigenvalue weighted by Gasteiger charge is 2.43. The Labute approximate surface area is 163 Å². The van der Waals surface area contributed by atoms with Gasteiger partial charge in [0.05, 0.1) is 12.1 Å². The number of ether oxygens (including phenoxy) is 1. The second kappa shape index (κ2) is 8.53. The number of nitrogens with two attached hydrogens (primary N) is 1. The van der Waals surface area contributed by atoms with Crippen molar-refractivity contribution in [1.29, 1.82) is 0 Å². The quantitative estimate of drug-likeness (QED) is 0.713. The largest absolute Gasteiger partial charge is 0.375 e. The Morgan fingerprint density at radius 3 is 2.44 bits per heavy atom. The summed E-state index contributed by atoms with van der Waals surface area (Å²) in [5.74, 6) is -0.168. The molecular weight excluding hydrogens is 337 g/mol. The first-order valence-electron chi connectivity index (χ1n) is 10.2. The SMILES string of the molecule is CC[C@]1(C)C[C@@](CC[NH2+]Cc2ccc(F)cc2)(c2ccc(C)cc2)CCO1. The Balaban J connectivity index is 1.70. The zero-order chi connectivity index (χ0) is 19.3. The topological polar surface area (TPSA) is 25.8 Å². The van der Waals surface area contributed by atoms with Crippen LogP contribution in [-0.4, -0.2) is 18.8 Å². The highest BCUT2D eigenvalue weighted by molar-refractivity contribution is 5.30. The summed E-state index contributed by atoms with van der Waals surface area (Å²) in [6.07, 6.45) is 4.33. The third kappa shape index (κ3) is 4.97. The van der Waals surface area contributed by atoms with Crippen LogP contribution >= 0.6 is 0 Å². The van der Waals surface area contributed by atoms with Crippen molar-refractivity contribution in [2.24, 2.45) is 0 Å². The summed E-state index contributed by atoms with van der Waals surface area (Å²) in [5.41, 5.74) is 4.07. The molecule has 146 valence electrons. The Kier molecular flexibility index (Phi) is 6.33. The molecule has 0 bridgehead atoms. The normalized spacial score (nSPS) is 25.5. The van der Waals surface area contributed by atoms with Crippen LogP contribution in [-0.2, 0) is 16.7 Å². The van der Waals surface area contributed by atoms with Crippen LogP contribution in [0.3, 0.4) is 0 Å². The first-order valence-corrected chi connectivity index (χ1v) is 10.2. The van der Waals surface area contributed by atoms with Crippen LogP contribution in [0.5, 0.6) is 0 Å². The van der Waals surface area contributed by atoms with Gasteiger partial charge < -0.3 is 10.1 Å². The molecule has 0 saturated carbocycles. The van der Waals surface area contributed by atoms with Crippen LogP contribution < -0.4 is 5.32 Å². The third-order valence-electron chi connectivity index (χ3n) is 6.28. The van der Waals surface area contributed by atoms with E-state index in [1.165, 1.54) is 16.7 Å². The van der Waals surface area contributed by atoms with Crippen LogP contribution in [0.1, 0.15) is 56.2 Å². The molecule has 2 aromatic rings. The molecule has 1 fully saturated rings. The van der Waals surface area contributed by atoms with E-state index in [2.05, 4.69) is 50.4 Å². The summed E-state index contributed by atoms with van der Waals surface area (Å²) in [4.78, 5) is 0. The van der Waals surface area contributed by atoms with Gasteiger partial charge in [-0.1, -0.05) is 48.9 Å². The summed E-state index contributed by atoms with van der Waals surface area (Å²) in [6.45, 7) is 9.42. The molecule has 3 rings (SSSR count). The van der Waals surface area contributed by atoms with Gasteiger partial charge in [0.25, 0.3) is 0 Å². The van der Waals surface area contributed by atoms with Gasteiger partial charge in [-0.25, -0.2) is 4.39 Å². The molecule has 27 heavy (non-hydrogen) atoms. The molecule has 0 amide bonds. The number of quaternary nitrogens is 1. The number of aryl methyl sites for hydroxylation is 1. The van der Waals surface area contributed by atoms with E-state index in [9.17, 15) is 4.39 Å². The van der Waals surface area contributed by atoms with Crippen molar-refractivity contribution >= 4 is 0 Å². The Morgan fingerprint density at radius 2 is 1.78 bits per heavy atom. The van der Waals surface area contributed by atoms with E-state index >= 15 is 0 Å². The lowest BCUT2D eigenvalue weighted by atomic mass is 9.66. The summed E-state index contributed by atoms with van der Waals surface area (Å²) in [5, 5.41) is 2.35. The van der Waals surface area contributed by atoms with Crippen molar-refractivity contribution in [3.05, 3.63) is 71.0 Å². The molecule has 2 N–H and O–H groups in total.